The van der Waals surface area contributed by atoms with Crippen LogP contribution < -0.4 is 10.6 Å². The Morgan fingerprint density at radius 1 is 1.20 bits per heavy atom. The molecule has 2 amide bonds. The summed E-state index contributed by atoms with van der Waals surface area (Å²) in [5.74, 6) is -1.29. The number of nitrogens with one attached hydrogen (secondary N) is 2. The van der Waals surface area contributed by atoms with Crippen molar-refractivity contribution >= 4 is 33.8 Å². The van der Waals surface area contributed by atoms with Gasteiger partial charge in [0.15, 0.2) is 4.96 Å². The quantitative estimate of drug-likeness (QED) is 0.710. The van der Waals surface area contributed by atoms with Crippen molar-refractivity contribution in [3.05, 3.63) is 52.8 Å². The van der Waals surface area contributed by atoms with Gasteiger partial charge in [-0.15, -0.1) is 11.3 Å². The SMILES string of the molecule is O=C(NCc1cn2ccsc2n1)C(=O)Nc1cccc2c1CCCC2. The van der Waals surface area contributed by atoms with Gasteiger partial charge in [-0.1, -0.05) is 12.1 Å². The number of nitrogens with zero attached hydrogens (tertiary/aromatic N) is 2. The number of carbonyl (C=O) groups excluding carboxylic acids is 2. The molecule has 1 aliphatic carbocycles. The van der Waals surface area contributed by atoms with Crippen LogP contribution in [0, 0.1) is 0 Å². The maximum absolute atomic E-state index is 12.2. The molecule has 25 heavy (non-hydrogen) atoms. The van der Waals surface area contributed by atoms with E-state index >= 15 is 0 Å². The number of carbonyl (C=O) groups is 2. The average molecular weight is 354 g/mol. The van der Waals surface area contributed by atoms with Crippen molar-refractivity contribution in [2.24, 2.45) is 0 Å². The Morgan fingerprint density at radius 2 is 2.08 bits per heavy atom. The molecule has 0 radical (unpaired) electrons. The van der Waals surface area contributed by atoms with E-state index in [0.717, 1.165) is 41.2 Å². The smallest absolute Gasteiger partial charge is 0.313 e. The van der Waals surface area contributed by atoms with E-state index in [-0.39, 0.29) is 6.54 Å². The number of fused-ring (bicyclic) bond motifs is 2. The number of aryl methyl sites for hydroxylation is 1. The van der Waals surface area contributed by atoms with Crippen molar-refractivity contribution in [1.29, 1.82) is 0 Å². The summed E-state index contributed by atoms with van der Waals surface area (Å²) >= 11 is 1.52. The van der Waals surface area contributed by atoms with E-state index in [0.29, 0.717) is 0 Å². The zero-order chi connectivity index (χ0) is 17.2. The van der Waals surface area contributed by atoms with E-state index in [1.54, 1.807) is 0 Å². The molecule has 0 bridgehead atoms. The summed E-state index contributed by atoms with van der Waals surface area (Å²) in [7, 11) is 0. The van der Waals surface area contributed by atoms with Crippen molar-refractivity contribution < 1.29 is 9.59 Å². The number of hydrogen-bond acceptors (Lipinski definition) is 4. The fourth-order valence-electron chi connectivity index (χ4n) is 3.19. The van der Waals surface area contributed by atoms with Gasteiger partial charge in [-0.3, -0.25) is 14.0 Å². The first-order valence-electron chi connectivity index (χ1n) is 8.32. The Bertz CT molecular complexity index is 915. The summed E-state index contributed by atoms with van der Waals surface area (Å²) < 4.78 is 1.89. The van der Waals surface area contributed by atoms with Gasteiger partial charge < -0.3 is 10.6 Å². The lowest BCUT2D eigenvalue weighted by Crippen LogP contribution is -2.35. The van der Waals surface area contributed by atoms with E-state index in [9.17, 15) is 9.59 Å². The van der Waals surface area contributed by atoms with Crippen LogP contribution in [0.2, 0.25) is 0 Å². The molecular formula is C18H18N4O2S. The monoisotopic (exact) mass is 354 g/mol. The van der Waals surface area contributed by atoms with Gasteiger partial charge in [0.1, 0.15) is 0 Å². The highest BCUT2D eigenvalue weighted by Crippen LogP contribution is 2.27. The molecule has 3 aromatic rings. The van der Waals surface area contributed by atoms with Crippen molar-refractivity contribution in [2.45, 2.75) is 32.2 Å². The molecule has 0 fully saturated rings. The molecule has 0 saturated carbocycles. The van der Waals surface area contributed by atoms with Crippen LogP contribution in [0.5, 0.6) is 0 Å². The van der Waals surface area contributed by atoms with Crippen LogP contribution in [0.15, 0.2) is 36.0 Å². The predicted octanol–water partition coefficient (Wildman–Crippen LogP) is 2.53. The van der Waals surface area contributed by atoms with Crippen LogP contribution in [0.1, 0.15) is 29.7 Å². The third-order valence-electron chi connectivity index (χ3n) is 4.42. The maximum atomic E-state index is 12.2. The van der Waals surface area contributed by atoms with E-state index in [2.05, 4.69) is 21.7 Å². The Labute approximate surface area is 148 Å². The second-order valence-electron chi connectivity index (χ2n) is 6.11. The summed E-state index contributed by atoms with van der Waals surface area (Å²) in [5.41, 5.74) is 3.90. The molecule has 7 heteroatoms. The summed E-state index contributed by atoms with van der Waals surface area (Å²) in [6.07, 6.45) is 8.01. The topological polar surface area (TPSA) is 75.5 Å². The number of imidazole rings is 1. The van der Waals surface area contributed by atoms with Gasteiger partial charge in [0, 0.05) is 23.5 Å². The molecule has 2 aromatic heterocycles. The molecule has 1 aromatic carbocycles. The standard InChI is InChI=1S/C18H18N4O2S/c23-16(19-10-13-11-22-8-9-25-18(22)20-13)17(24)21-15-7-3-5-12-4-1-2-6-14(12)15/h3,5,7-9,11H,1-2,4,6,10H2,(H,19,23)(H,21,24). The molecule has 0 spiro atoms. The summed E-state index contributed by atoms with van der Waals surface area (Å²) in [6.45, 7) is 0.230. The molecule has 4 rings (SSSR count). The summed E-state index contributed by atoms with van der Waals surface area (Å²) in [5, 5.41) is 7.32. The van der Waals surface area contributed by atoms with Crippen LogP contribution in [0.4, 0.5) is 5.69 Å². The largest absolute Gasteiger partial charge is 0.342 e. The van der Waals surface area contributed by atoms with Crippen LogP contribution in [0.3, 0.4) is 0 Å². The number of aromatic nitrogens is 2. The number of amides is 2. The van der Waals surface area contributed by atoms with Crippen molar-refractivity contribution in [3.8, 4) is 0 Å². The van der Waals surface area contributed by atoms with Crippen molar-refractivity contribution in [2.75, 3.05) is 5.32 Å². The first-order chi connectivity index (χ1) is 12.2. The normalized spacial score (nSPS) is 13.4. The van der Waals surface area contributed by atoms with E-state index < -0.39 is 11.8 Å². The van der Waals surface area contributed by atoms with Gasteiger partial charge in [0.05, 0.1) is 12.2 Å². The molecule has 2 heterocycles. The Hall–Kier alpha value is -2.67. The second-order valence-corrected chi connectivity index (χ2v) is 6.99. The van der Waals surface area contributed by atoms with Crippen LogP contribution in [0.25, 0.3) is 4.96 Å². The lowest BCUT2D eigenvalue weighted by atomic mass is 9.90. The molecule has 0 unspecified atom stereocenters. The number of rotatable bonds is 3. The highest BCUT2D eigenvalue weighted by atomic mass is 32.1. The number of anilines is 1. The molecule has 2 N–H and O–H groups in total. The number of hydrogen-bond donors (Lipinski definition) is 2. The molecule has 0 saturated heterocycles. The molecule has 6 nitrogen and oxygen atoms in total. The van der Waals surface area contributed by atoms with Gasteiger partial charge in [-0.2, -0.15) is 0 Å². The summed E-state index contributed by atoms with van der Waals surface area (Å²) in [6, 6.07) is 5.88. The number of benzene rings is 1. The van der Waals surface area contributed by atoms with Gasteiger partial charge in [0.2, 0.25) is 0 Å². The summed E-state index contributed by atoms with van der Waals surface area (Å²) in [4.78, 5) is 29.5. The first-order valence-corrected chi connectivity index (χ1v) is 9.20. The average Bonchev–Trinajstić information content (AvgIpc) is 3.21. The Balaban J connectivity index is 1.39. The van der Waals surface area contributed by atoms with Crippen LogP contribution >= 0.6 is 11.3 Å². The molecule has 0 aliphatic heterocycles. The van der Waals surface area contributed by atoms with Gasteiger partial charge in [0.25, 0.3) is 0 Å². The van der Waals surface area contributed by atoms with Gasteiger partial charge in [-0.05, 0) is 42.9 Å². The molecule has 0 atom stereocenters. The third kappa shape index (κ3) is 3.28. The minimum Gasteiger partial charge on any atom is -0.342 e. The highest BCUT2D eigenvalue weighted by molar-refractivity contribution is 7.15. The molecule has 1 aliphatic rings. The highest BCUT2D eigenvalue weighted by Gasteiger charge is 2.18. The van der Waals surface area contributed by atoms with Gasteiger partial charge >= 0.3 is 11.8 Å². The minimum absolute atomic E-state index is 0.230. The van der Waals surface area contributed by atoms with E-state index in [4.69, 9.17) is 0 Å². The second kappa shape index (κ2) is 6.68. The third-order valence-corrected chi connectivity index (χ3v) is 5.19. The molecular weight excluding hydrogens is 336 g/mol. The van der Waals surface area contributed by atoms with Crippen LogP contribution in [-0.2, 0) is 29.0 Å². The van der Waals surface area contributed by atoms with Crippen molar-refractivity contribution in [1.82, 2.24) is 14.7 Å². The fourth-order valence-corrected chi connectivity index (χ4v) is 3.91. The number of thiazole rings is 1. The maximum Gasteiger partial charge on any atom is 0.313 e. The minimum atomic E-state index is -0.648. The first kappa shape index (κ1) is 15.8. The zero-order valence-electron chi connectivity index (χ0n) is 13.6. The molecule has 128 valence electrons. The predicted molar refractivity (Wildman–Crippen MR) is 96.6 cm³/mol. The lowest BCUT2D eigenvalue weighted by Gasteiger charge is -2.19. The zero-order valence-corrected chi connectivity index (χ0v) is 14.4. The fraction of sp³-hybridized carbons (Fsp3) is 0.278. The lowest BCUT2D eigenvalue weighted by molar-refractivity contribution is -0.136. The van der Waals surface area contributed by atoms with E-state index in [1.165, 1.54) is 23.3 Å². The van der Waals surface area contributed by atoms with Crippen molar-refractivity contribution in [3.63, 3.8) is 0 Å². The van der Waals surface area contributed by atoms with E-state index in [1.807, 2.05) is 34.3 Å². The Morgan fingerprint density at radius 3 is 2.96 bits per heavy atom. The van der Waals surface area contributed by atoms with Crippen LogP contribution in [-0.4, -0.2) is 21.2 Å². The Kier molecular flexibility index (Phi) is 4.23. The van der Waals surface area contributed by atoms with Gasteiger partial charge in [-0.25, -0.2) is 4.98 Å².